The van der Waals surface area contributed by atoms with Crippen LogP contribution in [-0.2, 0) is 11.2 Å². The second-order valence-electron chi connectivity index (χ2n) is 5.52. The molecule has 5 nitrogen and oxygen atoms in total. The van der Waals surface area contributed by atoms with Gasteiger partial charge in [0.05, 0.1) is 12.6 Å². The molecule has 0 bridgehead atoms. The molecule has 0 spiro atoms. The number of hydrogen-bond acceptors (Lipinski definition) is 4. The van der Waals surface area contributed by atoms with E-state index >= 15 is 0 Å². The molecule has 0 saturated heterocycles. The summed E-state index contributed by atoms with van der Waals surface area (Å²) in [5, 5.41) is 21.2. The van der Waals surface area contributed by atoms with Crippen molar-refractivity contribution in [2.45, 2.75) is 26.3 Å². The zero-order valence-corrected chi connectivity index (χ0v) is 13.2. The molecule has 1 amide bonds. The van der Waals surface area contributed by atoms with Crippen molar-refractivity contribution >= 4 is 6.41 Å². The molecule has 2 aromatic carbocycles. The number of carbonyl (C=O) groups excluding carboxylic acids is 1. The number of aliphatic hydroxyl groups is 1. The first-order valence-corrected chi connectivity index (χ1v) is 7.41. The Hall–Kier alpha value is -2.53. The van der Waals surface area contributed by atoms with Gasteiger partial charge in [-0.15, -0.1) is 0 Å². The van der Waals surface area contributed by atoms with Crippen LogP contribution >= 0.6 is 0 Å². The number of nitrogens with one attached hydrogen (secondary N) is 1. The number of carbonyl (C=O) groups is 1. The number of aryl methyl sites for hydroxylation is 2. The summed E-state index contributed by atoms with van der Waals surface area (Å²) in [7, 11) is 0. The topological polar surface area (TPSA) is 78.8 Å². The summed E-state index contributed by atoms with van der Waals surface area (Å²) in [4.78, 5) is 10.5. The van der Waals surface area contributed by atoms with Gasteiger partial charge in [-0.05, 0) is 61.2 Å². The van der Waals surface area contributed by atoms with Crippen molar-refractivity contribution in [2.24, 2.45) is 0 Å². The third kappa shape index (κ3) is 4.47. The molecule has 0 heterocycles. The van der Waals surface area contributed by atoms with E-state index in [1.165, 1.54) is 0 Å². The molecule has 0 radical (unpaired) electrons. The Balaban J connectivity index is 2.19. The van der Waals surface area contributed by atoms with Crippen LogP contribution in [0.15, 0.2) is 36.4 Å². The van der Waals surface area contributed by atoms with Crippen molar-refractivity contribution in [3.8, 4) is 17.2 Å². The molecule has 0 saturated carbocycles. The van der Waals surface area contributed by atoms with Crippen LogP contribution < -0.4 is 10.1 Å². The van der Waals surface area contributed by atoms with Crippen molar-refractivity contribution in [1.29, 1.82) is 0 Å². The van der Waals surface area contributed by atoms with Crippen molar-refractivity contribution in [1.82, 2.24) is 5.32 Å². The minimum atomic E-state index is -0.296. The molecule has 3 N–H and O–H groups in total. The van der Waals surface area contributed by atoms with Crippen molar-refractivity contribution in [3.63, 3.8) is 0 Å². The fourth-order valence-electron chi connectivity index (χ4n) is 2.51. The first-order chi connectivity index (χ1) is 11.0. The minimum absolute atomic E-state index is 0.109. The minimum Gasteiger partial charge on any atom is -0.508 e. The van der Waals surface area contributed by atoms with Crippen molar-refractivity contribution in [3.05, 3.63) is 53.1 Å². The van der Waals surface area contributed by atoms with Crippen LogP contribution in [-0.4, -0.2) is 29.3 Å². The fourth-order valence-corrected chi connectivity index (χ4v) is 2.51. The van der Waals surface area contributed by atoms with Gasteiger partial charge < -0.3 is 20.3 Å². The molecule has 122 valence electrons. The highest BCUT2D eigenvalue weighted by molar-refractivity contribution is 5.48. The molecule has 5 heteroatoms. The van der Waals surface area contributed by atoms with E-state index in [1.807, 2.05) is 26.0 Å². The highest BCUT2D eigenvalue weighted by Crippen LogP contribution is 2.30. The average molecular weight is 315 g/mol. The molecule has 1 atom stereocenters. The SMILES string of the molecule is Cc1cc(CC(CO)NC=O)cc(C)c1Oc1ccc(O)cc1. The lowest BCUT2D eigenvalue weighted by molar-refractivity contribution is -0.110. The van der Waals surface area contributed by atoms with Gasteiger partial charge in [-0.2, -0.15) is 0 Å². The smallest absolute Gasteiger partial charge is 0.207 e. The fraction of sp³-hybridized carbons (Fsp3) is 0.278. The second-order valence-corrected chi connectivity index (χ2v) is 5.52. The summed E-state index contributed by atoms with van der Waals surface area (Å²) < 4.78 is 5.90. The zero-order chi connectivity index (χ0) is 16.8. The monoisotopic (exact) mass is 315 g/mol. The van der Waals surface area contributed by atoms with Crippen LogP contribution in [0.2, 0.25) is 0 Å². The third-order valence-electron chi connectivity index (χ3n) is 3.58. The number of benzene rings is 2. The number of phenolic OH excluding ortho intramolecular Hbond substituents is 1. The van der Waals surface area contributed by atoms with Crippen LogP contribution in [0.5, 0.6) is 17.2 Å². The van der Waals surface area contributed by atoms with Gasteiger partial charge in [-0.3, -0.25) is 4.79 Å². The van der Waals surface area contributed by atoms with Gasteiger partial charge >= 0.3 is 0 Å². The molecule has 0 aliphatic heterocycles. The van der Waals surface area contributed by atoms with Crippen LogP contribution in [0.3, 0.4) is 0 Å². The lowest BCUT2D eigenvalue weighted by Crippen LogP contribution is -2.33. The third-order valence-corrected chi connectivity index (χ3v) is 3.58. The second kappa shape index (κ2) is 7.65. The number of aromatic hydroxyl groups is 1. The number of phenols is 1. The Morgan fingerprint density at radius 3 is 2.30 bits per heavy atom. The molecule has 1 unspecified atom stereocenters. The molecule has 0 aliphatic rings. The van der Waals surface area contributed by atoms with E-state index in [-0.39, 0.29) is 18.4 Å². The normalized spacial score (nSPS) is 11.8. The van der Waals surface area contributed by atoms with Gasteiger partial charge in [0.15, 0.2) is 0 Å². The maximum absolute atomic E-state index is 10.5. The Kier molecular flexibility index (Phi) is 5.60. The first-order valence-electron chi connectivity index (χ1n) is 7.41. The predicted molar refractivity (Wildman–Crippen MR) is 87.9 cm³/mol. The Morgan fingerprint density at radius 1 is 1.17 bits per heavy atom. The van der Waals surface area contributed by atoms with Gasteiger partial charge in [-0.1, -0.05) is 12.1 Å². The molecule has 0 aliphatic carbocycles. The number of amides is 1. The highest BCUT2D eigenvalue weighted by atomic mass is 16.5. The molecule has 0 fully saturated rings. The van der Waals surface area contributed by atoms with Crippen LogP contribution in [0.4, 0.5) is 0 Å². The lowest BCUT2D eigenvalue weighted by Gasteiger charge is -2.17. The maximum Gasteiger partial charge on any atom is 0.207 e. The molecule has 0 aromatic heterocycles. The molecular formula is C18H21NO4. The standard InChI is InChI=1S/C18H21NO4/c1-12-7-14(9-15(10-20)19-11-21)8-13(2)18(12)23-17-5-3-16(22)4-6-17/h3-8,11,15,20,22H,9-10H2,1-2H3,(H,19,21). The largest absolute Gasteiger partial charge is 0.508 e. The number of aliphatic hydroxyl groups excluding tert-OH is 1. The Morgan fingerprint density at radius 2 is 1.78 bits per heavy atom. The maximum atomic E-state index is 10.5. The zero-order valence-electron chi connectivity index (χ0n) is 13.2. The van der Waals surface area contributed by atoms with E-state index in [2.05, 4.69) is 5.32 Å². The Labute approximate surface area is 135 Å². The van der Waals surface area contributed by atoms with Gasteiger partial charge in [-0.25, -0.2) is 0 Å². The summed E-state index contributed by atoms with van der Waals surface area (Å²) in [6.07, 6.45) is 1.15. The summed E-state index contributed by atoms with van der Waals surface area (Å²) in [5.74, 6) is 1.61. The van der Waals surface area contributed by atoms with Crippen molar-refractivity contribution < 1.29 is 19.7 Å². The molecular weight excluding hydrogens is 294 g/mol. The quantitative estimate of drug-likeness (QED) is 0.686. The number of ether oxygens (including phenoxy) is 1. The molecule has 2 aromatic rings. The summed E-state index contributed by atoms with van der Waals surface area (Å²) in [6, 6.07) is 10.2. The van der Waals surface area contributed by atoms with E-state index in [0.717, 1.165) is 22.4 Å². The number of hydrogen-bond donors (Lipinski definition) is 3. The highest BCUT2D eigenvalue weighted by Gasteiger charge is 2.12. The summed E-state index contributed by atoms with van der Waals surface area (Å²) in [6.45, 7) is 3.79. The molecule has 2 rings (SSSR count). The summed E-state index contributed by atoms with van der Waals surface area (Å²) >= 11 is 0. The van der Waals surface area contributed by atoms with Gasteiger partial charge in [0, 0.05) is 0 Å². The van der Waals surface area contributed by atoms with Gasteiger partial charge in [0.2, 0.25) is 6.41 Å². The predicted octanol–water partition coefficient (Wildman–Crippen LogP) is 2.45. The summed E-state index contributed by atoms with van der Waals surface area (Å²) in [5.41, 5.74) is 2.96. The van der Waals surface area contributed by atoms with E-state index < -0.39 is 0 Å². The van der Waals surface area contributed by atoms with E-state index in [9.17, 15) is 15.0 Å². The lowest BCUT2D eigenvalue weighted by atomic mass is 10.0. The van der Waals surface area contributed by atoms with E-state index in [0.29, 0.717) is 18.6 Å². The Bertz CT molecular complexity index is 644. The van der Waals surface area contributed by atoms with E-state index in [4.69, 9.17) is 4.74 Å². The first kappa shape index (κ1) is 16.8. The van der Waals surface area contributed by atoms with Crippen molar-refractivity contribution in [2.75, 3.05) is 6.61 Å². The number of rotatable bonds is 7. The molecule has 23 heavy (non-hydrogen) atoms. The van der Waals surface area contributed by atoms with Crippen LogP contribution in [0.25, 0.3) is 0 Å². The van der Waals surface area contributed by atoms with Crippen LogP contribution in [0.1, 0.15) is 16.7 Å². The van der Waals surface area contributed by atoms with Gasteiger partial charge in [0.1, 0.15) is 17.2 Å². The average Bonchev–Trinajstić information content (AvgIpc) is 2.52. The van der Waals surface area contributed by atoms with Gasteiger partial charge in [0.25, 0.3) is 0 Å². The van der Waals surface area contributed by atoms with E-state index in [1.54, 1.807) is 24.3 Å². The van der Waals surface area contributed by atoms with Crippen LogP contribution in [0, 0.1) is 13.8 Å².